The Balaban J connectivity index is 1.25. The van der Waals surface area contributed by atoms with Crippen LogP contribution < -0.4 is 27.3 Å². The standard InChI is InChI=1S/C51H28B5N5/c52-42-41(43(53)45(55)46(56)44(42)54)50-57-49(32-24-22-31(23-25-32)29-12-3-1-4-13-29)58-51(59-50)61-40-21-10-8-19-36(40)38-27-26-37-35-18-7-9-20-39(35)60(47(37)48(38)61)34-17-11-16-33(28-34)30-14-5-2-6-15-30/h1-28H. The molecular weight excluding hydrogens is 737 g/mol. The van der Waals surface area contributed by atoms with Crippen LogP contribution in [0.25, 0.3) is 100 Å². The van der Waals surface area contributed by atoms with E-state index in [9.17, 15) is 0 Å². The quantitative estimate of drug-likeness (QED) is 0.177. The van der Waals surface area contributed by atoms with Gasteiger partial charge in [-0.3, -0.25) is 4.57 Å². The SMILES string of the molecule is [B]c1c([B])c([B])c(-c2nc(-c3ccc(-c4ccccc4)cc3)nc(-n3c4ccccc4c4ccc5c6ccccc6n(-c6cccc(-c7ccccc7)c6)c5c43)n2)c([B])c1[B]. The topological polar surface area (TPSA) is 48.5 Å². The van der Waals surface area contributed by atoms with Crippen LogP contribution in [0.1, 0.15) is 0 Å². The average Bonchev–Trinajstić information content (AvgIpc) is 3.84. The summed E-state index contributed by atoms with van der Waals surface area (Å²) in [5.41, 5.74) is 10.9. The van der Waals surface area contributed by atoms with Gasteiger partial charge in [0.2, 0.25) is 5.95 Å². The molecule has 11 rings (SSSR count). The van der Waals surface area contributed by atoms with Crippen molar-refractivity contribution in [3.8, 4) is 56.7 Å². The highest BCUT2D eigenvalue weighted by atomic mass is 15.2. The molecule has 0 atom stereocenters. The second-order valence-corrected chi connectivity index (χ2v) is 15.1. The van der Waals surface area contributed by atoms with E-state index in [0.717, 1.165) is 77.1 Å². The van der Waals surface area contributed by atoms with Crippen LogP contribution in [0.5, 0.6) is 0 Å². The Hall–Kier alpha value is -7.31. The lowest BCUT2D eigenvalue weighted by Crippen LogP contribution is -2.55. The van der Waals surface area contributed by atoms with Crippen molar-refractivity contribution in [2.45, 2.75) is 0 Å². The van der Waals surface area contributed by atoms with Crippen LogP contribution in [0.15, 0.2) is 170 Å². The van der Waals surface area contributed by atoms with Gasteiger partial charge in [-0.1, -0.05) is 157 Å². The van der Waals surface area contributed by atoms with Crippen molar-refractivity contribution in [3.63, 3.8) is 0 Å². The zero-order valence-corrected chi connectivity index (χ0v) is 32.8. The molecule has 272 valence electrons. The third-order valence-electron chi connectivity index (χ3n) is 11.7. The fraction of sp³-hybridized carbons (Fsp3) is 0. The molecule has 0 N–H and O–H groups in total. The Bertz CT molecular complexity index is 3500. The van der Waals surface area contributed by atoms with E-state index < -0.39 is 0 Å². The predicted octanol–water partition coefficient (Wildman–Crippen LogP) is 6.70. The van der Waals surface area contributed by atoms with Gasteiger partial charge in [0.15, 0.2) is 11.6 Å². The van der Waals surface area contributed by atoms with Gasteiger partial charge in [-0.15, -0.1) is 16.4 Å². The smallest absolute Gasteiger partial charge is 0.238 e. The maximum absolute atomic E-state index is 6.71. The first kappa shape index (κ1) is 36.8. The summed E-state index contributed by atoms with van der Waals surface area (Å²) in [5.74, 6) is 0.963. The van der Waals surface area contributed by atoms with Crippen LogP contribution in [-0.4, -0.2) is 63.3 Å². The van der Waals surface area contributed by atoms with Gasteiger partial charge in [-0.2, -0.15) is 9.97 Å². The molecule has 0 fully saturated rings. The van der Waals surface area contributed by atoms with Crippen molar-refractivity contribution in [2.75, 3.05) is 0 Å². The van der Waals surface area contributed by atoms with E-state index in [4.69, 9.17) is 54.2 Å². The van der Waals surface area contributed by atoms with E-state index in [-0.39, 0.29) is 38.7 Å². The molecule has 0 unspecified atom stereocenters. The molecule has 0 aliphatic carbocycles. The van der Waals surface area contributed by atoms with Gasteiger partial charge in [0.05, 0.1) is 22.1 Å². The molecule has 8 aromatic carbocycles. The molecule has 0 bridgehead atoms. The van der Waals surface area contributed by atoms with Gasteiger partial charge in [-0.05, 0) is 46.5 Å². The summed E-state index contributed by atoms with van der Waals surface area (Å²) in [6, 6.07) is 58.6. The monoisotopic (exact) mass is 765 g/mol. The number of para-hydroxylation sites is 2. The van der Waals surface area contributed by atoms with E-state index >= 15 is 0 Å². The lowest BCUT2D eigenvalue weighted by atomic mass is 9.60. The van der Waals surface area contributed by atoms with Crippen LogP contribution in [-0.2, 0) is 0 Å². The van der Waals surface area contributed by atoms with Gasteiger partial charge in [0.25, 0.3) is 0 Å². The fourth-order valence-corrected chi connectivity index (χ4v) is 8.67. The normalized spacial score (nSPS) is 11.6. The minimum absolute atomic E-state index is 0.109. The maximum atomic E-state index is 6.71. The average molecular weight is 765 g/mol. The van der Waals surface area contributed by atoms with Gasteiger partial charge >= 0.3 is 0 Å². The van der Waals surface area contributed by atoms with Crippen molar-refractivity contribution in [1.82, 2.24) is 24.1 Å². The summed E-state index contributed by atoms with van der Waals surface area (Å²) in [6.07, 6.45) is 0. The minimum Gasteiger partial charge on any atom is -0.307 e. The molecule has 3 heterocycles. The van der Waals surface area contributed by atoms with E-state index in [1.807, 2.05) is 42.5 Å². The van der Waals surface area contributed by atoms with Crippen molar-refractivity contribution in [1.29, 1.82) is 0 Å². The lowest BCUT2D eigenvalue weighted by Gasteiger charge is -2.21. The number of aromatic nitrogens is 5. The molecule has 61 heavy (non-hydrogen) atoms. The fourth-order valence-electron chi connectivity index (χ4n) is 8.67. The number of nitrogens with zero attached hydrogens (tertiary/aromatic N) is 5. The largest absolute Gasteiger partial charge is 0.307 e. The van der Waals surface area contributed by atoms with Crippen molar-refractivity contribution in [2.24, 2.45) is 0 Å². The van der Waals surface area contributed by atoms with Gasteiger partial charge in [0, 0.05) is 38.4 Å². The number of hydrogen-bond acceptors (Lipinski definition) is 3. The first-order chi connectivity index (χ1) is 29.9. The third-order valence-corrected chi connectivity index (χ3v) is 11.7. The highest BCUT2D eigenvalue weighted by molar-refractivity contribution is 6.68. The molecule has 10 radical (unpaired) electrons. The maximum Gasteiger partial charge on any atom is 0.238 e. The molecule has 0 saturated carbocycles. The first-order valence-electron chi connectivity index (χ1n) is 19.9. The van der Waals surface area contributed by atoms with Gasteiger partial charge < -0.3 is 4.57 Å². The Labute approximate surface area is 359 Å². The summed E-state index contributed by atoms with van der Waals surface area (Å²) in [5, 5.41) is 4.26. The number of benzene rings is 8. The Morgan fingerprint density at radius 1 is 0.328 bits per heavy atom. The van der Waals surface area contributed by atoms with Crippen LogP contribution >= 0.6 is 0 Å². The zero-order valence-electron chi connectivity index (χ0n) is 32.8. The van der Waals surface area contributed by atoms with E-state index in [1.54, 1.807) is 0 Å². The number of hydrogen-bond donors (Lipinski definition) is 0. The third kappa shape index (κ3) is 5.89. The number of rotatable bonds is 6. The van der Waals surface area contributed by atoms with Gasteiger partial charge in [0.1, 0.15) is 39.2 Å². The summed E-state index contributed by atoms with van der Waals surface area (Å²) in [4.78, 5) is 15.5. The molecule has 11 aromatic rings. The molecule has 0 amide bonds. The summed E-state index contributed by atoms with van der Waals surface area (Å²) in [6.45, 7) is 0. The van der Waals surface area contributed by atoms with Crippen molar-refractivity contribution in [3.05, 3.63) is 170 Å². The molecule has 10 heteroatoms. The van der Waals surface area contributed by atoms with Crippen molar-refractivity contribution >= 4 is 110 Å². The van der Waals surface area contributed by atoms with E-state index in [2.05, 4.69) is 137 Å². The second-order valence-electron chi connectivity index (χ2n) is 15.1. The lowest BCUT2D eigenvalue weighted by molar-refractivity contribution is 0.955. The Kier molecular flexibility index (Phi) is 8.71. The van der Waals surface area contributed by atoms with Crippen LogP contribution in [0.3, 0.4) is 0 Å². The molecule has 0 aliphatic heterocycles. The Morgan fingerprint density at radius 2 is 0.787 bits per heavy atom. The van der Waals surface area contributed by atoms with E-state index in [0.29, 0.717) is 11.8 Å². The molecule has 3 aromatic heterocycles. The highest BCUT2D eigenvalue weighted by Crippen LogP contribution is 2.42. The predicted molar refractivity (Wildman–Crippen MR) is 257 cm³/mol. The molecule has 0 spiro atoms. The molecule has 0 aliphatic rings. The van der Waals surface area contributed by atoms with Crippen LogP contribution in [0.2, 0.25) is 0 Å². The van der Waals surface area contributed by atoms with Crippen molar-refractivity contribution < 1.29 is 0 Å². The summed E-state index contributed by atoms with van der Waals surface area (Å²) >= 11 is 0. The second kappa shape index (κ2) is 14.5. The Morgan fingerprint density at radius 3 is 1.41 bits per heavy atom. The summed E-state index contributed by atoms with van der Waals surface area (Å²) in [7, 11) is 32.6. The molecular formula is C51H28B5N5. The van der Waals surface area contributed by atoms with Gasteiger partial charge in [-0.25, -0.2) is 4.98 Å². The number of fused-ring (bicyclic) bond motifs is 7. The van der Waals surface area contributed by atoms with Crippen LogP contribution in [0.4, 0.5) is 0 Å². The highest BCUT2D eigenvalue weighted by Gasteiger charge is 2.24. The van der Waals surface area contributed by atoms with E-state index in [1.165, 1.54) is 0 Å². The zero-order chi connectivity index (χ0) is 41.4. The molecule has 0 saturated heterocycles. The summed E-state index contributed by atoms with van der Waals surface area (Å²) < 4.78 is 4.46. The first-order valence-corrected chi connectivity index (χ1v) is 19.9. The molecule has 5 nitrogen and oxygen atoms in total. The van der Waals surface area contributed by atoms with Crippen LogP contribution in [0, 0.1) is 0 Å². The minimum atomic E-state index is 0.109.